The fourth-order valence-electron chi connectivity index (χ4n) is 2.17. The van der Waals surface area contributed by atoms with Crippen LogP contribution >= 0.6 is 27.5 Å². The molecule has 2 nitrogen and oxygen atoms in total. The van der Waals surface area contributed by atoms with Gasteiger partial charge in [-0.25, -0.2) is 0 Å². The first-order valence-electron chi connectivity index (χ1n) is 6.90. The summed E-state index contributed by atoms with van der Waals surface area (Å²) in [4.78, 5) is 0. The second-order valence-corrected chi connectivity index (χ2v) is 6.72. The molecule has 1 unspecified atom stereocenters. The highest BCUT2D eigenvalue weighted by Crippen LogP contribution is 2.28. The number of halogens is 2. The first-order valence-corrected chi connectivity index (χ1v) is 8.07. The SMILES string of the molecule is CC(CO)(CCc1ccccc1)Nc1ccc(Cl)c(Br)c1. The van der Waals surface area contributed by atoms with Crippen LogP contribution in [-0.2, 0) is 6.42 Å². The Morgan fingerprint density at radius 1 is 1.19 bits per heavy atom. The van der Waals surface area contributed by atoms with Crippen molar-refractivity contribution in [1.29, 1.82) is 0 Å². The van der Waals surface area contributed by atoms with Gasteiger partial charge in [0.05, 0.1) is 17.2 Å². The van der Waals surface area contributed by atoms with Crippen LogP contribution in [0.3, 0.4) is 0 Å². The molecular weight excluding hydrogens is 350 g/mol. The van der Waals surface area contributed by atoms with Gasteiger partial charge in [-0.05, 0) is 59.5 Å². The van der Waals surface area contributed by atoms with Gasteiger partial charge in [0.1, 0.15) is 0 Å². The molecule has 0 aliphatic heterocycles. The fraction of sp³-hybridized carbons (Fsp3) is 0.294. The third-order valence-corrected chi connectivity index (χ3v) is 4.74. The molecule has 0 radical (unpaired) electrons. The van der Waals surface area contributed by atoms with Crippen molar-refractivity contribution in [3.63, 3.8) is 0 Å². The molecule has 2 aromatic rings. The summed E-state index contributed by atoms with van der Waals surface area (Å²) in [6, 6.07) is 16.0. The molecule has 0 saturated heterocycles. The van der Waals surface area contributed by atoms with Gasteiger partial charge in [-0.15, -0.1) is 0 Å². The summed E-state index contributed by atoms with van der Waals surface area (Å²) in [5.74, 6) is 0. The van der Waals surface area contributed by atoms with E-state index in [9.17, 15) is 5.11 Å². The van der Waals surface area contributed by atoms with Crippen LogP contribution in [0.25, 0.3) is 0 Å². The lowest BCUT2D eigenvalue weighted by Gasteiger charge is -2.30. The van der Waals surface area contributed by atoms with Gasteiger partial charge in [-0.1, -0.05) is 41.9 Å². The van der Waals surface area contributed by atoms with E-state index in [1.807, 2.05) is 43.3 Å². The molecule has 0 fully saturated rings. The number of hydrogen-bond donors (Lipinski definition) is 2. The van der Waals surface area contributed by atoms with Crippen LogP contribution in [0.4, 0.5) is 5.69 Å². The summed E-state index contributed by atoms with van der Waals surface area (Å²) in [5.41, 5.74) is 1.84. The molecule has 2 aromatic carbocycles. The number of benzene rings is 2. The highest BCUT2D eigenvalue weighted by atomic mass is 79.9. The van der Waals surface area contributed by atoms with Crippen molar-refractivity contribution in [2.24, 2.45) is 0 Å². The Bertz CT molecular complexity index is 591. The summed E-state index contributed by atoms with van der Waals surface area (Å²) in [6.45, 7) is 2.10. The van der Waals surface area contributed by atoms with E-state index < -0.39 is 0 Å². The van der Waals surface area contributed by atoms with Crippen molar-refractivity contribution < 1.29 is 5.11 Å². The van der Waals surface area contributed by atoms with Crippen molar-refractivity contribution in [3.8, 4) is 0 Å². The zero-order valence-electron chi connectivity index (χ0n) is 11.9. The Hall–Kier alpha value is -1.03. The maximum Gasteiger partial charge on any atom is 0.0658 e. The molecule has 0 aliphatic carbocycles. The van der Waals surface area contributed by atoms with Crippen LogP contribution in [0, 0.1) is 0 Å². The predicted molar refractivity (Wildman–Crippen MR) is 93.0 cm³/mol. The largest absolute Gasteiger partial charge is 0.394 e. The molecule has 2 rings (SSSR count). The summed E-state index contributed by atoms with van der Waals surface area (Å²) < 4.78 is 0.845. The molecule has 0 amide bonds. The monoisotopic (exact) mass is 367 g/mol. The van der Waals surface area contributed by atoms with E-state index in [0.717, 1.165) is 23.0 Å². The molecule has 0 spiro atoms. The minimum Gasteiger partial charge on any atom is -0.394 e. The number of rotatable bonds is 6. The Balaban J connectivity index is 2.04. The van der Waals surface area contributed by atoms with Crippen LogP contribution in [0.15, 0.2) is 53.0 Å². The third kappa shape index (κ3) is 4.73. The molecule has 4 heteroatoms. The Morgan fingerprint density at radius 3 is 2.52 bits per heavy atom. The average molecular weight is 369 g/mol. The third-order valence-electron chi connectivity index (χ3n) is 3.52. The number of aliphatic hydroxyl groups excluding tert-OH is 1. The molecule has 0 saturated carbocycles. The summed E-state index contributed by atoms with van der Waals surface area (Å²) in [5, 5.41) is 13.8. The van der Waals surface area contributed by atoms with Gasteiger partial charge in [-0.3, -0.25) is 0 Å². The van der Waals surface area contributed by atoms with E-state index in [1.165, 1.54) is 5.56 Å². The average Bonchev–Trinajstić information content (AvgIpc) is 2.50. The van der Waals surface area contributed by atoms with E-state index in [4.69, 9.17) is 11.6 Å². The maximum absolute atomic E-state index is 9.75. The molecule has 0 aromatic heterocycles. The number of aliphatic hydroxyl groups is 1. The smallest absolute Gasteiger partial charge is 0.0658 e. The van der Waals surface area contributed by atoms with Crippen molar-refractivity contribution in [1.82, 2.24) is 0 Å². The van der Waals surface area contributed by atoms with Gasteiger partial charge >= 0.3 is 0 Å². The first-order chi connectivity index (χ1) is 10.0. The number of aryl methyl sites for hydroxylation is 1. The summed E-state index contributed by atoms with van der Waals surface area (Å²) >= 11 is 9.42. The quantitative estimate of drug-likeness (QED) is 0.760. The zero-order chi connectivity index (χ0) is 15.3. The van der Waals surface area contributed by atoms with Crippen LogP contribution in [-0.4, -0.2) is 17.3 Å². The number of hydrogen-bond acceptors (Lipinski definition) is 2. The molecule has 0 heterocycles. The van der Waals surface area contributed by atoms with Crippen LogP contribution in [0.2, 0.25) is 5.02 Å². The van der Waals surface area contributed by atoms with E-state index in [0.29, 0.717) is 5.02 Å². The van der Waals surface area contributed by atoms with Gasteiger partial charge in [0, 0.05) is 10.2 Å². The Labute approximate surface area is 139 Å². The second kappa shape index (κ2) is 7.30. The lowest BCUT2D eigenvalue weighted by molar-refractivity contribution is 0.215. The molecule has 0 bridgehead atoms. The van der Waals surface area contributed by atoms with E-state index >= 15 is 0 Å². The van der Waals surface area contributed by atoms with Crippen molar-refractivity contribution in [2.45, 2.75) is 25.3 Å². The standard InChI is InChI=1S/C17H19BrClNO/c1-17(12-21,10-9-13-5-3-2-4-6-13)20-14-7-8-16(19)15(18)11-14/h2-8,11,20-21H,9-10,12H2,1H3. The fourth-order valence-corrected chi connectivity index (χ4v) is 2.66. The Morgan fingerprint density at radius 2 is 1.90 bits per heavy atom. The summed E-state index contributed by atoms with van der Waals surface area (Å²) in [7, 11) is 0. The molecule has 21 heavy (non-hydrogen) atoms. The molecule has 2 N–H and O–H groups in total. The first kappa shape index (κ1) is 16.3. The van der Waals surface area contributed by atoms with Crippen LogP contribution in [0.5, 0.6) is 0 Å². The van der Waals surface area contributed by atoms with Gasteiger partial charge < -0.3 is 10.4 Å². The van der Waals surface area contributed by atoms with Gasteiger partial charge in [-0.2, -0.15) is 0 Å². The maximum atomic E-state index is 9.75. The summed E-state index contributed by atoms with van der Waals surface area (Å²) in [6.07, 6.45) is 1.76. The van der Waals surface area contributed by atoms with Gasteiger partial charge in [0.2, 0.25) is 0 Å². The minimum atomic E-state index is -0.372. The predicted octanol–water partition coefficient (Wildman–Crippen LogP) is 4.90. The lowest BCUT2D eigenvalue weighted by Crippen LogP contribution is -2.39. The minimum absolute atomic E-state index is 0.0695. The number of anilines is 1. The zero-order valence-corrected chi connectivity index (χ0v) is 14.3. The van der Waals surface area contributed by atoms with E-state index in [2.05, 4.69) is 33.4 Å². The molecule has 1 atom stereocenters. The van der Waals surface area contributed by atoms with Crippen molar-refractivity contribution in [3.05, 3.63) is 63.6 Å². The molecule has 0 aliphatic rings. The molecular formula is C17H19BrClNO. The van der Waals surface area contributed by atoms with Gasteiger partial charge in [0.15, 0.2) is 0 Å². The van der Waals surface area contributed by atoms with Crippen LogP contribution in [0.1, 0.15) is 18.9 Å². The van der Waals surface area contributed by atoms with Crippen LogP contribution < -0.4 is 5.32 Å². The lowest BCUT2D eigenvalue weighted by atomic mass is 9.93. The number of nitrogens with one attached hydrogen (secondary N) is 1. The van der Waals surface area contributed by atoms with Crippen molar-refractivity contribution >= 4 is 33.2 Å². The second-order valence-electron chi connectivity index (χ2n) is 5.46. The highest BCUT2D eigenvalue weighted by Gasteiger charge is 2.23. The van der Waals surface area contributed by atoms with E-state index in [-0.39, 0.29) is 12.1 Å². The normalized spacial score (nSPS) is 13.7. The topological polar surface area (TPSA) is 32.3 Å². The van der Waals surface area contributed by atoms with E-state index in [1.54, 1.807) is 0 Å². The Kier molecular flexibility index (Phi) is 5.68. The molecule has 112 valence electrons. The van der Waals surface area contributed by atoms with Crippen molar-refractivity contribution in [2.75, 3.05) is 11.9 Å². The van der Waals surface area contributed by atoms with Gasteiger partial charge in [0.25, 0.3) is 0 Å². The highest BCUT2D eigenvalue weighted by molar-refractivity contribution is 9.10.